The Hall–Kier alpha value is -1.10. The fraction of sp³-hybridized carbons (Fsp3) is 0.800. The van der Waals surface area contributed by atoms with E-state index in [1.165, 1.54) is 0 Å². The van der Waals surface area contributed by atoms with Crippen molar-refractivity contribution in [3.63, 3.8) is 0 Å². The molecule has 5 heteroatoms. The highest BCUT2D eigenvalue weighted by Crippen LogP contribution is 2.15. The van der Waals surface area contributed by atoms with E-state index in [4.69, 9.17) is 10.2 Å². The van der Waals surface area contributed by atoms with Gasteiger partial charge < -0.3 is 15.3 Å². The Morgan fingerprint density at radius 2 is 1.53 bits per heavy atom. The number of aliphatic hydroxyl groups excluding tert-OH is 1. The number of aliphatic hydroxyl groups is 1. The summed E-state index contributed by atoms with van der Waals surface area (Å²) in [7, 11) is 0. The van der Waals surface area contributed by atoms with E-state index in [1.54, 1.807) is 0 Å². The third-order valence-electron chi connectivity index (χ3n) is 2.22. The van der Waals surface area contributed by atoms with Gasteiger partial charge >= 0.3 is 11.9 Å². The molecule has 0 saturated carbocycles. The molecule has 0 aromatic carbocycles. The molecule has 0 saturated heterocycles. The topological polar surface area (TPSA) is 94.8 Å². The van der Waals surface area contributed by atoms with Gasteiger partial charge in [-0.05, 0) is 25.2 Å². The number of carbonyl (C=O) groups is 2. The molecule has 0 aliphatic heterocycles. The average molecular weight is 218 g/mol. The summed E-state index contributed by atoms with van der Waals surface area (Å²) < 4.78 is 0. The number of rotatable bonds is 8. The van der Waals surface area contributed by atoms with Crippen molar-refractivity contribution in [2.24, 2.45) is 5.92 Å². The van der Waals surface area contributed by atoms with Gasteiger partial charge in [0, 0.05) is 12.8 Å². The zero-order valence-electron chi connectivity index (χ0n) is 8.85. The lowest BCUT2D eigenvalue weighted by atomic mass is 9.96. The lowest BCUT2D eigenvalue weighted by molar-refractivity contribution is -0.138. The molecule has 0 aliphatic rings. The van der Waals surface area contributed by atoms with Gasteiger partial charge in [-0.1, -0.05) is 6.92 Å². The Balaban J connectivity index is 3.61. The summed E-state index contributed by atoms with van der Waals surface area (Å²) >= 11 is 0. The molecule has 0 aromatic heterocycles. The lowest BCUT2D eigenvalue weighted by Crippen LogP contribution is -2.14. The third kappa shape index (κ3) is 9.21. The summed E-state index contributed by atoms with van der Waals surface area (Å²) in [6, 6.07) is 0. The van der Waals surface area contributed by atoms with Gasteiger partial charge in [0.2, 0.25) is 0 Å². The smallest absolute Gasteiger partial charge is 0.303 e. The molecule has 0 aromatic rings. The van der Waals surface area contributed by atoms with Crippen LogP contribution in [0.4, 0.5) is 0 Å². The second-order valence-electron chi connectivity index (χ2n) is 3.86. The number of hydrogen-bond acceptors (Lipinski definition) is 3. The van der Waals surface area contributed by atoms with Crippen molar-refractivity contribution in [1.82, 2.24) is 0 Å². The molecule has 0 heterocycles. The average Bonchev–Trinajstić information content (AvgIpc) is 2.11. The predicted molar refractivity (Wildman–Crippen MR) is 53.5 cm³/mol. The van der Waals surface area contributed by atoms with Gasteiger partial charge in [0.25, 0.3) is 0 Å². The zero-order chi connectivity index (χ0) is 11.8. The van der Waals surface area contributed by atoms with Gasteiger partial charge in [-0.25, -0.2) is 0 Å². The Bertz CT molecular complexity index is 192. The molecule has 0 spiro atoms. The minimum absolute atomic E-state index is 0.0488. The Morgan fingerprint density at radius 1 is 1.07 bits per heavy atom. The lowest BCUT2D eigenvalue weighted by Gasteiger charge is -2.14. The first-order valence-corrected chi connectivity index (χ1v) is 5.03. The Kier molecular flexibility index (Phi) is 6.70. The van der Waals surface area contributed by atoms with Gasteiger partial charge in [0.1, 0.15) is 0 Å². The molecule has 0 amide bonds. The van der Waals surface area contributed by atoms with E-state index < -0.39 is 18.0 Å². The van der Waals surface area contributed by atoms with Crippen molar-refractivity contribution in [2.45, 2.75) is 45.1 Å². The van der Waals surface area contributed by atoms with Gasteiger partial charge in [-0.3, -0.25) is 9.59 Å². The van der Waals surface area contributed by atoms with Crippen LogP contribution in [0.2, 0.25) is 0 Å². The largest absolute Gasteiger partial charge is 0.481 e. The molecule has 2 unspecified atom stereocenters. The molecule has 0 fully saturated rings. The maximum Gasteiger partial charge on any atom is 0.303 e. The van der Waals surface area contributed by atoms with Crippen LogP contribution in [0.15, 0.2) is 0 Å². The minimum atomic E-state index is -0.924. The summed E-state index contributed by atoms with van der Waals surface area (Å²) in [5.74, 6) is -1.67. The van der Waals surface area contributed by atoms with Crippen LogP contribution < -0.4 is 0 Å². The van der Waals surface area contributed by atoms with Crippen molar-refractivity contribution in [2.75, 3.05) is 0 Å². The van der Waals surface area contributed by atoms with E-state index in [9.17, 15) is 14.7 Å². The predicted octanol–water partition coefficient (Wildman–Crippen LogP) is 1.10. The first-order chi connectivity index (χ1) is 6.91. The first kappa shape index (κ1) is 13.9. The Labute approximate surface area is 88.7 Å². The quantitative estimate of drug-likeness (QED) is 0.567. The molecule has 0 aliphatic carbocycles. The van der Waals surface area contributed by atoms with Crippen molar-refractivity contribution in [3.8, 4) is 0 Å². The molecular weight excluding hydrogens is 200 g/mol. The van der Waals surface area contributed by atoms with Crippen molar-refractivity contribution < 1.29 is 24.9 Å². The second kappa shape index (κ2) is 7.23. The molecular formula is C10H18O5. The summed E-state index contributed by atoms with van der Waals surface area (Å²) in [5, 5.41) is 26.2. The summed E-state index contributed by atoms with van der Waals surface area (Å²) in [4.78, 5) is 20.5. The number of hydrogen-bond donors (Lipinski definition) is 3. The van der Waals surface area contributed by atoms with Crippen LogP contribution in [0.25, 0.3) is 0 Å². The van der Waals surface area contributed by atoms with Crippen LogP contribution in [0.5, 0.6) is 0 Å². The fourth-order valence-corrected chi connectivity index (χ4v) is 1.36. The van der Waals surface area contributed by atoms with Crippen LogP contribution in [0.3, 0.4) is 0 Å². The van der Waals surface area contributed by atoms with Gasteiger partial charge in [0.15, 0.2) is 0 Å². The standard InChI is InChI=1S/C10H18O5/c1-7(2-4-9(12)13)6-8(11)3-5-10(14)15/h7-8,11H,2-6H2,1H3,(H,12,13)(H,14,15). The highest BCUT2D eigenvalue weighted by Gasteiger charge is 2.12. The second-order valence-corrected chi connectivity index (χ2v) is 3.86. The molecule has 5 nitrogen and oxygen atoms in total. The molecule has 2 atom stereocenters. The molecule has 0 rings (SSSR count). The van der Waals surface area contributed by atoms with Crippen LogP contribution >= 0.6 is 0 Å². The maximum atomic E-state index is 10.3. The van der Waals surface area contributed by atoms with Crippen molar-refractivity contribution in [1.29, 1.82) is 0 Å². The summed E-state index contributed by atoms with van der Waals surface area (Å²) in [5.41, 5.74) is 0. The van der Waals surface area contributed by atoms with E-state index in [0.717, 1.165) is 0 Å². The van der Waals surface area contributed by atoms with E-state index in [-0.39, 0.29) is 25.2 Å². The SMILES string of the molecule is CC(CCC(=O)O)CC(O)CCC(=O)O. The van der Waals surface area contributed by atoms with Crippen molar-refractivity contribution >= 4 is 11.9 Å². The monoisotopic (exact) mass is 218 g/mol. The third-order valence-corrected chi connectivity index (χ3v) is 2.22. The number of aliphatic carboxylic acids is 2. The molecule has 0 radical (unpaired) electrons. The zero-order valence-corrected chi connectivity index (χ0v) is 8.85. The molecule has 3 N–H and O–H groups in total. The maximum absolute atomic E-state index is 10.3. The first-order valence-electron chi connectivity index (χ1n) is 5.03. The molecule has 0 bridgehead atoms. The summed E-state index contributed by atoms with van der Waals surface area (Å²) in [6.07, 6.45) is 0.594. The van der Waals surface area contributed by atoms with Crippen molar-refractivity contribution in [3.05, 3.63) is 0 Å². The van der Waals surface area contributed by atoms with Crippen LogP contribution in [-0.4, -0.2) is 33.4 Å². The van der Waals surface area contributed by atoms with Crippen LogP contribution in [0.1, 0.15) is 39.0 Å². The van der Waals surface area contributed by atoms with Gasteiger partial charge in [0.05, 0.1) is 6.10 Å². The highest BCUT2D eigenvalue weighted by molar-refractivity contribution is 5.66. The summed E-state index contributed by atoms with van der Waals surface area (Å²) in [6.45, 7) is 1.85. The van der Waals surface area contributed by atoms with Gasteiger partial charge in [-0.2, -0.15) is 0 Å². The molecule has 88 valence electrons. The minimum Gasteiger partial charge on any atom is -0.481 e. The van der Waals surface area contributed by atoms with E-state index in [2.05, 4.69) is 0 Å². The van der Waals surface area contributed by atoms with Gasteiger partial charge in [-0.15, -0.1) is 0 Å². The highest BCUT2D eigenvalue weighted by atomic mass is 16.4. The van der Waals surface area contributed by atoms with E-state index in [0.29, 0.717) is 12.8 Å². The normalized spacial score (nSPS) is 14.5. The fourth-order valence-electron chi connectivity index (χ4n) is 1.36. The Morgan fingerprint density at radius 3 is 2.00 bits per heavy atom. The molecule has 15 heavy (non-hydrogen) atoms. The number of carboxylic acids is 2. The van der Waals surface area contributed by atoms with Crippen LogP contribution in [-0.2, 0) is 9.59 Å². The van der Waals surface area contributed by atoms with E-state index in [1.807, 2.05) is 6.92 Å². The van der Waals surface area contributed by atoms with Crippen LogP contribution in [0, 0.1) is 5.92 Å². The van der Waals surface area contributed by atoms with E-state index >= 15 is 0 Å². The number of carboxylic acid groups (broad SMARTS) is 2.